The van der Waals surface area contributed by atoms with Crippen molar-refractivity contribution in [1.29, 1.82) is 0 Å². The van der Waals surface area contributed by atoms with E-state index in [-0.39, 0.29) is 17.2 Å². The molecule has 0 amide bonds. The molecule has 3 saturated carbocycles. The average molecular weight is 407 g/mol. The van der Waals surface area contributed by atoms with E-state index in [9.17, 15) is 9.59 Å². The van der Waals surface area contributed by atoms with E-state index in [1.807, 2.05) is 0 Å². The lowest BCUT2D eigenvalue weighted by atomic mass is 9.46. The van der Waals surface area contributed by atoms with E-state index in [2.05, 4.69) is 20.8 Å². The first-order valence-corrected chi connectivity index (χ1v) is 11.6. The Labute approximate surface area is 174 Å². The summed E-state index contributed by atoms with van der Waals surface area (Å²) in [4.78, 5) is 23.5. The van der Waals surface area contributed by atoms with Crippen molar-refractivity contribution in [2.75, 3.05) is 6.61 Å². The first-order valence-electron chi connectivity index (χ1n) is 11.2. The summed E-state index contributed by atoms with van der Waals surface area (Å²) in [7, 11) is 0. The first kappa shape index (κ1) is 20.4. The molecule has 0 aromatic carbocycles. The predicted octanol–water partition coefficient (Wildman–Crippen LogP) is 5.90. The second kappa shape index (κ2) is 7.15. The predicted molar refractivity (Wildman–Crippen MR) is 111 cm³/mol. The number of allylic oxidation sites excluding steroid dienone is 1. The third-order valence-electron chi connectivity index (χ3n) is 9.36. The van der Waals surface area contributed by atoms with E-state index in [1.165, 1.54) is 44.6 Å². The Hall–Kier alpha value is -0.830. The Morgan fingerprint density at radius 1 is 1.14 bits per heavy atom. The van der Waals surface area contributed by atoms with Gasteiger partial charge in [0, 0.05) is 13.3 Å². The van der Waals surface area contributed by atoms with Crippen LogP contribution >= 0.6 is 11.6 Å². The van der Waals surface area contributed by atoms with Crippen LogP contribution in [0.25, 0.3) is 0 Å². The number of fused-ring (bicyclic) bond motifs is 5. The van der Waals surface area contributed by atoms with Gasteiger partial charge in [-0.2, -0.15) is 0 Å². The second-order valence-corrected chi connectivity index (χ2v) is 10.9. The quantitative estimate of drug-likeness (QED) is 0.548. The Morgan fingerprint density at radius 2 is 1.89 bits per heavy atom. The number of carbonyl (C=O) groups is 2. The number of ether oxygens (including phenoxy) is 1. The summed E-state index contributed by atoms with van der Waals surface area (Å²) in [5, 5.41) is 0.569. The maximum atomic E-state index is 12.2. The molecule has 0 spiro atoms. The summed E-state index contributed by atoms with van der Waals surface area (Å²) >= 11 is 6.51. The van der Waals surface area contributed by atoms with Crippen LogP contribution in [0.3, 0.4) is 0 Å². The number of carbonyl (C=O) groups excluding carboxylic acids is 2. The molecule has 0 N–H and O–H groups in total. The standard InChI is InChI=1S/C24H35ClO3/c1-14(13-28-15(2)26)17-7-8-18-16-5-6-20-22(25)21(27)10-12-24(20,4)19(16)9-11-23(17,18)3/h14,16-19H,5-13H2,1-4H3/t14-,16+,17-,18+,19+,23-,24-/m1/s1. The van der Waals surface area contributed by atoms with Crippen LogP contribution in [0.1, 0.15) is 79.1 Å². The highest BCUT2D eigenvalue weighted by Crippen LogP contribution is 2.68. The van der Waals surface area contributed by atoms with E-state index in [0.717, 1.165) is 24.7 Å². The zero-order valence-corrected chi connectivity index (χ0v) is 18.6. The van der Waals surface area contributed by atoms with Crippen LogP contribution in [0.15, 0.2) is 10.6 Å². The molecule has 4 rings (SSSR count). The highest BCUT2D eigenvalue weighted by molar-refractivity contribution is 6.43. The molecule has 3 fully saturated rings. The normalized spacial score (nSPS) is 43.8. The fourth-order valence-electron chi connectivity index (χ4n) is 7.99. The summed E-state index contributed by atoms with van der Waals surface area (Å²) in [6.45, 7) is 9.24. The van der Waals surface area contributed by atoms with Gasteiger partial charge in [-0.1, -0.05) is 32.4 Å². The largest absolute Gasteiger partial charge is 0.466 e. The average Bonchev–Trinajstić information content (AvgIpc) is 3.00. The Balaban J connectivity index is 1.57. The molecule has 7 atom stereocenters. The molecule has 0 bridgehead atoms. The van der Waals surface area contributed by atoms with Crippen molar-refractivity contribution in [3.05, 3.63) is 10.6 Å². The van der Waals surface area contributed by atoms with Gasteiger partial charge in [-0.3, -0.25) is 9.59 Å². The van der Waals surface area contributed by atoms with Gasteiger partial charge < -0.3 is 4.74 Å². The molecular formula is C24H35ClO3. The molecule has 0 aliphatic heterocycles. The fourth-order valence-corrected chi connectivity index (χ4v) is 8.39. The number of hydrogen-bond donors (Lipinski definition) is 0. The minimum Gasteiger partial charge on any atom is -0.466 e. The fraction of sp³-hybridized carbons (Fsp3) is 0.833. The van der Waals surface area contributed by atoms with Gasteiger partial charge >= 0.3 is 5.97 Å². The van der Waals surface area contributed by atoms with Gasteiger partial charge in [0.2, 0.25) is 0 Å². The van der Waals surface area contributed by atoms with E-state index >= 15 is 0 Å². The lowest BCUT2D eigenvalue weighted by molar-refractivity contribution is -0.143. The zero-order valence-electron chi connectivity index (χ0n) is 17.9. The number of Topliss-reactive ketones (excluding diaryl/α,β-unsaturated/α-hetero) is 1. The lowest BCUT2D eigenvalue weighted by Gasteiger charge is -2.58. The Bertz CT molecular complexity index is 713. The maximum Gasteiger partial charge on any atom is 0.302 e. The van der Waals surface area contributed by atoms with Crippen molar-refractivity contribution in [3.8, 4) is 0 Å². The van der Waals surface area contributed by atoms with Gasteiger partial charge in [-0.25, -0.2) is 0 Å². The highest BCUT2D eigenvalue weighted by Gasteiger charge is 2.60. The molecule has 3 nitrogen and oxygen atoms in total. The molecule has 0 aromatic heterocycles. The molecule has 156 valence electrons. The van der Waals surface area contributed by atoms with E-state index < -0.39 is 0 Å². The van der Waals surface area contributed by atoms with Crippen LogP contribution in [0.5, 0.6) is 0 Å². The summed E-state index contributed by atoms with van der Waals surface area (Å²) in [5.41, 5.74) is 1.75. The molecule has 4 aliphatic carbocycles. The van der Waals surface area contributed by atoms with Crippen molar-refractivity contribution < 1.29 is 14.3 Å². The third-order valence-corrected chi connectivity index (χ3v) is 9.80. The summed E-state index contributed by atoms with van der Waals surface area (Å²) < 4.78 is 5.36. The minimum atomic E-state index is -0.168. The highest BCUT2D eigenvalue weighted by atomic mass is 35.5. The molecule has 0 heterocycles. The number of esters is 1. The Morgan fingerprint density at radius 3 is 2.61 bits per heavy atom. The topological polar surface area (TPSA) is 43.4 Å². The van der Waals surface area contributed by atoms with Crippen LogP contribution in [0.2, 0.25) is 0 Å². The molecule has 0 saturated heterocycles. The SMILES string of the molecule is CC(=O)OC[C@@H](C)[C@H]1CC[C@H]2[C@@H]3CCC4=C(Cl)C(=O)CC[C@]4(C)[C@H]3CC[C@]12C. The van der Waals surface area contributed by atoms with Crippen molar-refractivity contribution >= 4 is 23.4 Å². The van der Waals surface area contributed by atoms with Gasteiger partial charge in [0.05, 0.1) is 11.6 Å². The van der Waals surface area contributed by atoms with E-state index in [1.54, 1.807) is 0 Å². The van der Waals surface area contributed by atoms with Crippen molar-refractivity contribution in [2.45, 2.75) is 79.1 Å². The van der Waals surface area contributed by atoms with Crippen LogP contribution in [-0.2, 0) is 14.3 Å². The minimum absolute atomic E-state index is 0.122. The molecule has 0 radical (unpaired) electrons. The Kier molecular flexibility index (Phi) is 5.22. The second-order valence-electron chi connectivity index (χ2n) is 10.6. The monoisotopic (exact) mass is 406 g/mol. The van der Waals surface area contributed by atoms with Gasteiger partial charge in [-0.15, -0.1) is 0 Å². The van der Waals surface area contributed by atoms with Gasteiger partial charge in [0.1, 0.15) is 0 Å². The molecule has 28 heavy (non-hydrogen) atoms. The molecule has 4 aliphatic rings. The van der Waals surface area contributed by atoms with Crippen molar-refractivity contribution in [3.63, 3.8) is 0 Å². The third kappa shape index (κ3) is 2.99. The number of halogens is 1. The summed E-state index contributed by atoms with van der Waals surface area (Å²) in [6, 6.07) is 0. The van der Waals surface area contributed by atoms with Gasteiger partial charge in [0.25, 0.3) is 0 Å². The number of rotatable bonds is 3. The van der Waals surface area contributed by atoms with E-state index in [0.29, 0.717) is 41.2 Å². The molecule has 4 heteroatoms. The maximum absolute atomic E-state index is 12.2. The van der Waals surface area contributed by atoms with Gasteiger partial charge in [-0.05, 0) is 90.9 Å². The van der Waals surface area contributed by atoms with Crippen LogP contribution in [0, 0.1) is 40.4 Å². The first-order chi connectivity index (χ1) is 13.2. The number of hydrogen-bond acceptors (Lipinski definition) is 3. The summed E-state index contributed by atoms with van der Waals surface area (Å²) in [6.07, 6.45) is 8.84. The smallest absolute Gasteiger partial charge is 0.302 e. The number of ketones is 1. The van der Waals surface area contributed by atoms with Crippen molar-refractivity contribution in [1.82, 2.24) is 0 Å². The van der Waals surface area contributed by atoms with Crippen LogP contribution in [-0.4, -0.2) is 18.4 Å². The molecule has 0 unspecified atom stereocenters. The van der Waals surface area contributed by atoms with Crippen LogP contribution < -0.4 is 0 Å². The van der Waals surface area contributed by atoms with Crippen molar-refractivity contribution in [2.24, 2.45) is 40.4 Å². The van der Waals surface area contributed by atoms with E-state index in [4.69, 9.17) is 16.3 Å². The lowest BCUT2D eigenvalue weighted by Crippen LogP contribution is -2.51. The van der Waals surface area contributed by atoms with Crippen LogP contribution in [0.4, 0.5) is 0 Å². The molecular weight excluding hydrogens is 372 g/mol. The zero-order chi connectivity index (χ0) is 20.3. The van der Waals surface area contributed by atoms with Gasteiger partial charge in [0.15, 0.2) is 5.78 Å². The summed E-state index contributed by atoms with van der Waals surface area (Å²) in [5.74, 6) is 3.22. The molecule has 0 aromatic rings.